The molecule has 0 spiro atoms. The van der Waals surface area contributed by atoms with Crippen LogP contribution in [0.4, 0.5) is 43.9 Å². The van der Waals surface area contributed by atoms with E-state index in [1.165, 1.54) is 0 Å². The minimum absolute atomic E-state index is 5.18. The Kier molecular flexibility index (Phi) is 3.53. The van der Waals surface area contributed by atoms with Crippen molar-refractivity contribution in [1.29, 1.82) is 0 Å². The van der Waals surface area contributed by atoms with Gasteiger partial charge in [-0.15, -0.1) is 0 Å². The molecule has 0 aromatic carbocycles. The summed E-state index contributed by atoms with van der Waals surface area (Å²) >= 11 is 0. The highest BCUT2D eigenvalue weighted by molar-refractivity contribution is 4.99. The van der Waals surface area contributed by atoms with Gasteiger partial charge in [-0.05, 0) is 0 Å². The lowest BCUT2D eigenvalue weighted by Crippen LogP contribution is -2.60. The molecule has 0 aromatic rings. The van der Waals surface area contributed by atoms with E-state index in [4.69, 9.17) is 0 Å². The monoisotopic (exact) mass is 252 g/mol. The van der Waals surface area contributed by atoms with Crippen molar-refractivity contribution in [3.63, 3.8) is 0 Å². The topological polar surface area (TPSA) is 0 Å². The van der Waals surface area contributed by atoms with Gasteiger partial charge in [0.25, 0.3) is 0 Å². The van der Waals surface area contributed by atoms with Gasteiger partial charge in [0.05, 0.1) is 0 Å². The Morgan fingerprint density at radius 2 is 0.733 bits per heavy atom. The molecule has 0 saturated carbocycles. The summed E-state index contributed by atoms with van der Waals surface area (Å²) in [6.45, 7) is 0. The first-order chi connectivity index (χ1) is 6.39. The second-order valence-corrected chi connectivity index (χ2v) is 2.42. The molecule has 92 valence electrons. The number of alkyl halides is 10. The Hall–Kier alpha value is -0.700. The number of hydrogen-bond donors (Lipinski definition) is 0. The molecule has 0 atom stereocenters. The van der Waals surface area contributed by atoms with Crippen LogP contribution < -0.4 is 0 Å². The lowest BCUT2D eigenvalue weighted by Gasteiger charge is -2.31. The van der Waals surface area contributed by atoms with Crippen molar-refractivity contribution in [2.24, 2.45) is 0 Å². The van der Waals surface area contributed by atoms with Gasteiger partial charge >= 0.3 is 30.6 Å². The van der Waals surface area contributed by atoms with Crippen LogP contribution in [-0.4, -0.2) is 30.6 Å². The summed E-state index contributed by atoms with van der Waals surface area (Å²) in [7, 11) is 0. The first-order valence-corrected chi connectivity index (χ1v) is 3.08. The Morgan fingerprint density at radius 1 is 0.533 bits per heavy atom. The first-order valence-electron chi connectivity index (χ1n) is 3.08. The Bertz CT molecular complexity index is 196. The van der Waals surface area contributed by atoms with Crippen molar-refractivity contribution in [3.05, 3.63) is 0 Å². The quantitative estimate of drug-likeness (QED) is 0.672. The van der Waals surface area contributed by atoms with Gasteiger partial charge in [0, 0.05) is 0 Å². The molecular weight excluding hydrogens is 250 g/mol. The van der Waals surface area contributed by atoms with Gasteiger partial charge in [-0.3, -0.25) is 0 Å². The van der Waals surface area contributed by atoms with Gasteiger partial charge in [0.1, 0.15) is 0 Å². The number of halogens is 10. The SMILES string of the molecule is FC(F)C(F)(F)C(F)(F)C(F)(F)C(F)F. The van der Waals surface area contributed by atoms with Crippen molar-refractivity contribution < 1.29 is 43.9 Å². The molecule has 0 bridgehead atoms. The molecule has 10 heteroatoms. The third-order valence-corrected chi connectivity index (χ3v) is 1.39. The standard InChI is InChI=1S/C5H2F10/c6-1(7)3(10,11)5(14,15)4(12,13)2(8)9/h1-2H. The van der Waals surface area contributed by atoms with Gasteiger partial charge < -0.3 is 0 Å². The van der Waals surface area contributed by atoms with Crippen molar-refractivity contribution in [3.8, 4) is 0 Å². The minimum atomic E-state index is -6.83. The van der Waals surface area contributed by atoms with E-state index in [2.05, 4.69) is 0 Å². The second-order valence-electron chi connectivity index (χ2n) is 2.42. The van der Waals surface area contributed by atoms with Crippen LogP contribution in [0.2, 0.25) is 0 Å². The van der Waals surface area contributed by atoms with Crippen LogP contribution in [0.15, 0.2) is 0 Å². The van der Waals surface area contributed by atoms with Gasteiger partial charge in [0.15, 0.2) is 0 Å². The van der Waals surface area contributed by atoms with Crippen molar-refractivity contribution in [2.45, 2.75) is 30.6 Å². The van der Waals surface area contributed by atoms with Gasteiger partial charge in [-0.25, -0.2) is 17.6 Å². The highest BCUT2D eigenvalue weighted by Gasteiger charge is 2.78. The average Bonchev–Trinajstić information content (AvgIpc) is 2.02. The molecule has 0 aromatic heterocycles. The molecule has 15 heavy (non-hydrogen) atoms. The van der Waals surface area contributed by atoms with E-state index in [9.17, 15) is 43.9 Å². The molecule has 0 aliphatic rings. The molecule has 0 rings (SSSR count). The van der Waals surface area contributed by atoms with Crippen molar-refractivity contribution >= 4 is 0 Å². The van der Waals surface area contributed by atoms with Crippen LogP contribution in [0.1, 0.15) is 0 Å². The number of hydrogen-bond acceptors (Lipinski definition) is 0. The fourth-order valence-electron chi connectivity index (χ4n) is 0.496. The highest BCUT2D eigenvalue weighted by Crippen LogP contribution is 2.50. The number of rotatable bonds is 4. The maximum Gasteiger partial charge on any atom is 0.383 e. The third-order valence-electron chi connectivity index (χ3n) is 1.39. The van der Waals surface area contributed by atoms with Crippen LogP contribution in [0.5, 0.6) is 0 Å². The summed E-state index contributed by atoms with van der Waals surface area (Å²) in [5, 5.41) is 0. The smallest absolute Gasteiger partial charge is 0.203 e. The fraction of sp³-hybridized carbons (Fsp3) is 1.00. The van der Waals surface area contributed by atoms with E-state index < -0.39 is 30.6 Å². The molecule has 0 heterocycles. The predicted molar refractivity (Wildman–Crippen MR) is 26.8 cm³/mol. The van der Waals surface area contributed by atoms with Crippen LogP contribution >= 0.6 is 0 Å². The van der Waals surface area contributed by atoms with Crippen LogP contribution in [0.3, 0.4) is 0 Å². The summed E-state index contributed by atoms with van der Waals surface area (Å²) in [6, 6.07) is 0. The summed E-state index contributed by atoms with van der Waals surface area (Å²) < 4.78 is 117. The zero-order valence-corrected chi connectivity index (χ0v) is 6.43. The lowest BCUT2D eigenvalue weighted by molar-refractivity contribution is -0.360. The zero-order chi connectivity index (χ0) is 12.7. The molecule has 0 unspecified atom stereocenters. The zero-order valence-electron chi connectivity index (χ0n) is 6.43. The van der Waals surface area contributed by atoms with Crippen LogP contribution in [0, 0.1) is 0 Å². The summed E-state index contributed by atoms with van der Waals surface area (Å²) in [4.78, 5) is 0. The van der Waals surface area contributed by atoms with Crippen LogP contribution in [0.25, 0.3) is 0 Å². The second kappa shape index (κ2) is 3.71. The summed E-state index contributed by atoms with van der Waals surface area (Å²) in [5.74, 6) is -19.9. The highest BCUT2D eigenvalue weighted by atomic mass is 19.4. The normalized spacial score (nSPS) is 15.2. The fourth-order valence-corrected chi connectivity index (χ4v) is 0.496. The van der Waals surface area contributed by atoms with E-state index in [0.717, 1.165) is 0 Å². The molecule has 0 saturated heterocycles. The predicted octanol–water partition coefficient (Wildman–Crippen LogP) is 3.42. The third kappa shape index (κ3) is 1.98. The van der Waals surface area contributed by atoms with Crippen molar-refractivity contribution in [1.82, 2.24) is 0 Å². The largest absolute Gasteiger partial charge is 0.383 e. The lowest BCUT2D eigenvalue weighted by atomic mass is 10.1. The molecule has 0 fully saturated rings. The molecule has 0 aliphatic carbocycles. The van der Waals surface area contributed by atoms with Crippen LogP contribution in [-0.2, 0) is 0 Å². The molecule has 0 nitrogen and oxygen atoms in total. The van der Waals surface area contributed by atoms with E-state index in [0.29, 0.717) is 0 Å². The molecule has 0 N–H and O–H groups in total. The van der Waals surface area contributed by atoms with E-state index in [-0.39, 0.29) is 0 Å². The molecular formula is C5H2F10. The van der Waals surface area contributed by atoms with E-state index in [1.807, 2.05) is 0 Å². The van der Waals surface area contributed by atoms with Gasteiger partial charge in [0.2, 0.25) is 0 Å². The Labute approximate surface area is 75.9 Å². The molecule has 0 amide bonds. The summed E-state index contributed by atoms with van der Waals surface area (Å²) in [6.07, 6.45) is -10.4. The van der Waals surface area contributed by atoms with Gasteiger partial charge in [-0.2, -0.15) is 26.3 Å². The minimum Gasteiger partial charge on any atom is -0.203 e. The van der Waals surface area contributed by atoms with E-state index in [1.54, 1.807) is 0 Å². The average molecular weight is 252 g/mol. The first kappa shape index (κ1) is 14.3. The Balaban J connectivity index is 5.30. The Morgan fingerprint density at radius 3 is 0.867 bits per heavy atom. The van der Waals surface area contributed by atoms with Gasteiger partial charge in [-0.1, -0.05) is 0 Å². The molecule has 0 aliphatic heterocycles. The summed E-state index contributed by atoms with van der Waals surface area (Å²) in [5.41, 5.74) is 0. The van der Waals surface area contributed by atoms with E-state index >= 15 is 0 Å². The van der Waals surface area contributed by atoms with Crippen molar-refractivity contribution in [2.75, 3.05) is 0 Å². The maximum atomic E-state index is 12.0. The maximum absolute atomic E-state index is 12.0. The molecule has 0 radical (unpaired) electrons.